The summed E-state index contributed by atoms with van der Waals surface area (Å²) in [6.45, 7) is 7.31. The molecule has 2 amide bonds. The highest BCUT2D eigenvalue weighted by atomic mass is 16.6. The number of hydrogen-bond donors (Lipinski definition) is 0. The Hall–Kier alpha value is -2.28. The van der Waals surface area contributed by atoms with E-state index in [4.69, 9.17) is 14.2 Å². The molecule has 0 N–H and O–H groups in total. The van der Waals surface area contributed by atoms with Crippen LogP contribution in [0.5, 0.6) is 5.75 Å². The molecular weight excluding hydrogens is 348 g/mol. The standard InChI is InChI=1S/C20H30N2O5/c1-20(2,3)27-19(24)22-11-10-16(14-22)21(4)18(23)15-25-12-13-26-17-8-6-5-7-9-17/h5-9,16H,10-15H2,1-4H3/t16-/m1/s1. The van der Waals surface area contributed by atoms with Gasteiger partial charge in [-0.3, -0.25) is 4.79 Å². The van der Waals surface area contributed by atoms with Gasteiger partial charge in [0.25, 0.3) is 0 Å². The van der Waals surface area contributed by atoms with E-state index in [1.807, 2.05) is 51.1 Å². The Morgan fingerprint density at radius 1 is 1.19 bits per heavy atom. The molecule has 0 unspecified atom stereocenters. The van der Waals surface area contributed by atoms with Crippen LogP contribution in [0.3, 0.4) is 0 Å². The van der Waals surface area contributed by atoms with Gasteiger partial charge in [0, 0.05) is 20.1 Å². The maximum absolute atomic E-state index is 12.3. The number of carbonyl (C=O) groups excluding carboxylic acids is 2. The number of likely N-dealkylation sites (N-methyl/N-ethyl adjacent to an activating group) is 1. The lowest BCUT2D eigenvalue weighted by molar-refractivity contribution is -0.136. The lowest BCUT2D eigenvalue weighted by atomic mass is 10.2. The first-order valence-electron chi connectivity index (χ1n) is 9.25. The van der Waals surface area contributed by atoms with E-state index >= 15 is 0 Å². The second kappa shape index (κ2) is 9.60. The highest BCUT2D eigenvalue weighted by molar-refractivity contribution is 5.77. The number of benzene rings is 1. The molecule has 150 valence electrons. The van der Waals surface area contributed by atoms with Gasteiger partial charge in [-0.2, -0.15) is 0 Å². The molecule has 0 radical (unpaired) electrons. The van der Waals surface area contributed by atoms with Crippen LogP contribution in [0.15, 0.2) is 30.3 Å². The maximum Gasteiger partial charge on any atom is 0.410 e. The van der Waals surface area contributed by atoms with E-state index in [0.717, 1.165) is 12.2 Å². The van der Waals surface area contributed by atoms with E-state index in [1.165, 1.54) is 0 Å². The Morgan fingerprint density at radius 3 is 2.56 bits per heavy atom. The van der Waals surface area contributed by atoms with Gasteiger partial charge in [-0.05, 0) is 39.3 Å². The molecular formula is C20H30N2O5. The first-order valence-corrected chi connectivity index (χ1v) is 9.25. The predicted molar refractivity (Wildman–Crippen MR) is 102 cm³/mol. The summed E-state index contributed by atoms with van der Waals surface area (Å²) < 4.78 is 16.3. The van der Waals surface area contributed by atoms with Gasteiger partial charge in [-0.15, -0.1) is 0 Å². The minimum Gasteiger partial charge on any atom is -0.491 e. The van der Waals surface area contributed by atoms with Gasteiger partial charge < -0.3 is 24.0 Å². The Labute approximate surface area is 161 Å². The first kappa shape index (κ1) is 21.0. The molecule has 1 saturated heterocycles. The lowest BCUT2D eigenvalue weighted by Gasteiger charge is -2.26. The molecule has 1 heterocycles. The lowest BCUT2D eigenvalue weighted by Crippen LogP contribution is -2.42. The zero-order valence-electron chi connectivity index (χ0n) is 16.6. The average Bonchev–Trinajstić information content (AvgIpc) is 3.10. The number of hydrogen-bond acceptors (Lipinski definition) is 5. The molecule has 1 aromatic carbocycles. The second-order valence-electron chi connectivity index (χ2n) is 7.59. The predicted octanol–water partition coefficient (Wildman–Crippen LogP) is 2.55. The monoisotopic (exact) mass is 378 g/mol. The quantitative estimate of drug-likeness (QED) is 0.682. The summed E-state index contributed by atoms with van der Waals surface area (Å²) in [7, 11) is 1.75. The molecule has 1 fully saturated rings. The number of likely N-dealkylation sites (tertiary alicyclic amines) is 1. The van der Waals surface area contributed by atoms with Crippen LogP contribution in [0.2, 0.25) is 0 Å². The summed E-state index contributed by atoms with van der Waals surface area (Å²) in [4.78, 5) is 27.7. The van der Waals surface area contributed by atoms with Gasteiger partial charge in [0.15, 0.2) is 0 Å². The normalized spacial score (nSPS) is 16.9. The summed E-state index contributed by atoms with van der Waals surface area (Å²) in [6, 6.07) is 9.44. The van der Waals surface area contributed by atoms with Crippen molar-refractivity contribution in [3.63, 3.8) is 0 Å². The Balaban J connectivity index is 1.65. The van der Waals surface area contributed by atoms with Gasteiger partial charge in [0.2, 0.25) is 5.91 Å². The molecule has 7 nitrogen and oxygen atoms in total. The van der Waals surface area contributed by atoms with E-state index in [9.17, 15) is 9.59 Å². The first-order chi connectivity index (χ1) is 12.8. The number of amides is 2. The molecule has 7 heteroatoms. The topological polar surface area (TPSA) is 68.3 Å². The van der Waals surface area contributed by atoms with Crippen LogP contribution in [-0.4, -0.2) is 73.4 Å². The third-order valence-electron chi connectivity index (χ3n) is 4.22. The van der Waals surface area contributed by atoms with Crippen LogP contribution >= 0.6 is 0 Å². The van der Waals surface area contributed by atoms with Gasteiger partial charge in [-0.25, -0.2) is 4.79 Å². The van der Waals surface area contributed by atoms with E-state index in [0.29, 0.717) is 26.3 Å². The Kier molecular flexibility index (Phi) is 7.47. The van der Waals surface area contributed by atoms with E-state index in [2.05, 4.69) is 0 Å². The molecule has 27 heavy (non-hydrogen) atoms. The smallest absolute Gasteiger partial charge is 0.410 e. The number of carbonyl (C=O) groups is 2. The van der Waals surface area contributed by atoms with Crippen molar-refractivity contribution in [3.8, 4) is 5.75 Å². The number of nitrogens with zero attached hydrogens (tertiary/aromatic N) is 2. The average molecular weight is 378 g/mol. The molecule has 0 aromatic heterocycles. The molecule has 0 bridgehead atoms. The number of para-hydroxylation sites is 1. The molecule has 1 aliphatic heterocycles. The minimum atomic E-state index is -0.521. The summed E-state index contributed by atoms with van der Waals surface area (Å²) in [5.74, 6) is 0.670. The zero-order valence-corrected chi connectivity index (χ0v) is 16.6. The van der Waals surface area contributed by atoms with Gasteiger partial charge in [0.05, 0.1) is 12.6 Å². The van der Waals surface area contributed by atoms with E-state index in [1.54, 1.807) is 16.8 Å². The molecule has 2 rings (SSSR count). The van der Waals surface area contributed by atoms with E-state index < -0.39 is 5.60 Å². The van der Waals surface area contributed by atoms with Crippen LogP contribution in [0.4, 0.5) is 4.79 Å². The molecule has 1 aromatic rings. The molecule has 1 atom stereocenters. The van der Waals surface area contributed by atoms with Crippen molar-refractivity contribution in [2.24, 2.45) is 0 Å². The number of rotatable bonds is 7. The van der Waals surface area contributed by atoms with Crippen LogP contribution in [0.1, 0.15) is 27.2 Å². The molecule has 0 aliphatic carbocycles. The van der Waals surface area contributed by atoms with Crippen molar-refractivity contribution in [3.05, 3.63) is 30.3 Å². The fourth-order valence-electron chi connectivity index (χ4n) is 2.75. The van der Waals surface area contributed by atoms with Crippen molar-refractivity contribution in [1.82, 2.24) is 9.80 Å². The fraction of sp³-hybridized carbons (Fsp3) is 0.600. The highest BCUT2D eigenvalue weighted by Gasteiger charge is 2.33. The number of ether oxygens (including phenoxy) is 3. The third-order valence-corrected chi connectivity index (χ3v) is 4.22. The summed E-state index contributed by atoms with van der Waals surface area (Å²) >= 11 is 0. The van der Waals surface area contributed by atoms with Crippen molar-refractivity contribution in [2.45, 2.75) is 38.8 Å². The summed E-state index contributed by atoms with van der Waals surface area (Å²) in [6.07, 6.45) is 0.402. The van der Waals surface area contributed by atoms with Gasteiger partial charge in [0.1, 0.15) is 24.6 Å². The second-order valence-corrected chi connectivity index (χ2v) is 7.59. The zero-order chi connectivity index (χ0) is 19.9. The Morgan fingerprint density at radius 2 is 1.89 bits per heavy atom. The Bertz CT molecular complexity index is 615. The fourth-order valence-corrected chi connectivity index (χ4v) is 2.75. The SMILES string of the molecule is CN(C(=O)COCCOc1ccccc1)[C@@H]1CCN(C(=O)OC(C)(C)C)C1. The molecule has 0 spiro atoms. The van der Waals surface area contributed by atoms with Crippen molar-refractivity contribution in [1.29, 1.82) is 0 Å². The molecule has 0 saturated carbocycles. The molecule has 1 aliphatic rings. The van der Waals surface area contributed by atoms with Crippen LogP contribution < -0.4 is 4.74 Å². The van der Waals surface area contributed by atoms with Gasteiger partial charge >= 0.3 is 6.09 Å². The van der Waals surface area contributed by atoms with Crippen molar-refractivity contribution in [2.75, 3.05) is 40.0 Å². The van der Waals surface area contributed by atoms with Crippen molar-refractivity contribution < 1.29 is 23.8 Å². The van der Waals surface area contributed by atoms with Crippen LogP contribution in [0.25, 0.3) is 0 Å². The largest absolute Gasteiger partial charge is 0.491 e. The van der Waals surface area contributed by atoms with Gasteiger partial charge in [-0.1, -0.05) is 18.2 Å². The summed E-state index contributed by atoms with van der Waals surface area (Å²) in [5, 5.41) is 0. The highest BCUT2D eigenvalue weighted by Crippen LogP contribution is 2.18. The van der Waals surface area contributed by atoms with E-state index in [-0.39, 0.29) is 24.6 Å². The van der Waals surface area contributed by atoms with Crippen LogP contribution in [0, 0.1) is 0 Å². The minimum absolute atomic E-state index is 0.00239. The van der Waals surface area contributed by atoms with Crippen molar-refractivity contribution >= 4 is 12.0 Å². The maximum atomic E-state index is 12.3. The summed E-state index contributed by atoms with van der Waals surface area (Å²) in [5.41, 5.74) is -0.521. The third kappa shape index (κ3) is 7.09. The van der Waals surface area contributed by atoms with Crippen LogP contribution in [-0.2, 0) is 14.3 Å².